The van der Waals surface area contributed by atoms with Crippen molar-refractivity contribution in [2.24, 2.45) is 0 Å². The van der Waals surface area contributed by atoms with Crippen LogP contribution in [0.2, 0.25) is 0 Å². The maximum absolute atomic E-state index is 6.38. The van der Waals surface area contributed by atoms with Crippen molar-refractivity contribution in [1.29, 1.82) is 0 Å². The van der Waals surface area contributed by atoms with Crippen LogP contribution in [0.1, 0.15) is 51.7 Å². The number of aromatic nitrogens is 1. The fourth-order valence-electron chi connectivity index (χ4n) is 8.79. The fraction of sp³-hybridized carbons (Fsp3) is 0.167. The highest BCUT2D eigenvalue weighted by Crippen LogP contribution is 2.48. The van der Waals surface area contributed by atoms with Crippen LogP contribution in [0.4, 0.5) is 17.1 Å². The Balaban J connectivity index is 1.23. The first-order valence-electron chi connectivity index (χ1n) is 18.1. The third-order valence-corrected chi connectivity index (χ3v) is 11.6. The van der Waals surface area contributed by atoms with Crippen LogP contribution in [0, 0.1) is 0 Å². The molecular weight excluding hydrogens is 621 g/mol. The van der Waals surface area contributed by atoms with Crippen LogP contribution in [-0.2, 0) is 10.8 Å². The zero-order chi connectivity index (χ0) is 34.5. The van der Waals surface area contributed by atoms with Crippen LogP contribution in [0.25, 0.3) is 60.2 Å². The average molecular weight is 661 g/mol. The van der Waals surface area contributed by atoms with Gasteiger partial charge < -0.3 is 13.9 Å². The van der Waals surface area contributed by atoms with Gasteiger partial charge in [-0.25, -0.2) is 0 Å². The van der Waals surface area contributed by atoms with E-state index in [9.17, 15) is 0 Å². The minimum absolute atomic E-state index is 0.122. The van der Waals surface area contributed by atoms with Gasteiger partial charge >= 0.3 is 0 Å². The smallest absolute Gasteiger partial charge is 0.137 e. The molecule has 248 valence electrons. The lowest BCUT2D eigenvalue weighted by molar-refractivity contribution is 0.332. The van der Waals surface area contributed by atoms with Crippen molar-refractivity contribution < 1.29 is 4.42 Å². The third-order valence-electron chi connectivity index (χ3n) is 11.6. The van der Waals surface area contributed by atoms with E-state index in [0.717, 1.165) is 39.0 Å². The van der Waals surface area contributed by atoms with Gasteiger partial charge in [0.1, 0.15) is 11.2 Å². The Morgan fingerprint density at radius 3 is 2.00 bits per heavy atom. The molecule has 0 fully saturated rings. The van der Waals surface area contributed by atoms with Crippen LogP contribution in [0.15, 0.2) is 150 Å². The van der Waals surface area contributed by atoms with E-state index in [2.05, 4.69) is 171 Å². The molecule has 0 bridgehead atoms. The van der Waals surface area contributed by atoms with Crippen molar-refractivity contribution >= 4 is 71.6 Å². The first-order valence-corrected chi connectivity index (χ1v) is 18.1. The lowest BCUT2D eigenvalue weighted by atomic mass is 9.63. The number of fused-ring (bicyclic) bond motifs is 9. The molecule has 7 aromatic carbocycles. The number of anilines is 3. The predicted molar refractivity (Wildman–Crippen MR) is 216 cm³/mol. The lowest BCUT2D eigenvalue weighted by Gasteiger charge is -2.42. The van der Waals surface area contributed by atoms with Crippen molar-refractivity contribution in [3.63, 3.8) is 0 Å². The first-order chi connectivity index (χ1) is 24.8. The number of nitrogens with zero attached hydrogens (tertiary/aromatic N) is 2. The standard InChI is InChI=1S/C48H40N2O/c1-47(2)26-27-48(3,4)41-29-34(20-23-40(41)47)50-42-25-21-33(28-39(42)46-36-15-9-8-12-31(36)18-24-43(46)50)49(32-13-6-5-7-14-32)35-19-22-38-37-16-10-11-17-44(37)51-45(38)30-35/h5-25,28-30H,26-27H2,1-4H3. The van der Waals surface area contributed by atoms with Crippen LogP contribution in [-0.4, -0.2) is 4.57 Å². The maximum Gasteiger partial charge on any atom is 0.137 e. The minimum Gasteiger partial charge on any atom is -0.456 e. The Morgan fingerprint density at radius 1 is 0.490 bits per heavy atom. The molecule has 0 aliphatic heterocycles. The van der Waals surface area contributed by atoms with Gasteiger partial charge in [0, 0.05) is 50.4 Å². The zero-order valence-electron chi connectivity index (χ0n) is 29.6. The van der Waals surface area contributed by atoms with Crippen LogP contribution in [0.5, 0.6) is 0 Å². The highest BCUT2D eigenvalue weighted by Gasteiger charge is 2.37. The van der Waals surface area contributed by atoms with Crippen LogP contribution in [0.3, 0.4) is 0 Å². The quantitative estimate of drug-likeness (QED) is 0.187. The molecule has 3 nitrogen and oxygen atoms in total. The molecule has 51 heavy (non-hydrogen) atoms. The number of benzene rings is 7. The molecule has 0 saturated carbocycles. The summed E-state index contributed by atoms with van der Waals surface area (Å²) in [6.45, 7) is 9.63. The van der Waals surface area contributed by atoms with Gasteiger partial charge in [-0.2, -0.15) is 0 Å². The molecule has 1 aliphatic carbocycles. The molecule has 0 unspecified atom stereocenters. The summed E-state index contributed by atoms with van der Waals surface area (Å²) in [7, 11) is 0. The van der Waals surface area contributed by atoms with Crippen molar-refractivity contribution in [2.75, 3.05) is 4.90 Å². The van der Waals surface area contributed by atoms with Gasteiger partial charge in [0.05, 0.1) is 11.0 Å². The topological polar surface area (TPSA) is 21.3 Å². The highest BCUT2D eigenvalue weighted by atomic mass is 16.3. The molecule has 2 aromatic heterocycles. The van der Waals surface area contributed by atoms with E-state index in [4.69, 9.17) is 4.42 Å². The summed E-state index contributed by atoms with van der Waals surface area (Å²) in [4.78, 5) is 2.35. The van der Waals surface area contributed by atoms with Crippen molar-refractivity contribution in [3.8, 4) is 5.69 Å². The average Bonchev–Trinajstić information content (AvgIpc) is 3.69. The van der Waals surface area contributed by atoms with Gasteiger partial charge in [0.15, 0.2) is 0 Å². The van der Waals surface area contributed by atoms with Crippen molar-refractivity contribution in [1.82, 2.24) is 4.57 Å². The second-order valence-electron chi connectivity index (χ2n) is 15.7. The van der Waals surface area contributed by atoms with Crippen molar-refractivity contribution in [3.05, 3.63) is 157 Å². The molecule has 3 heteroatoms. The van der Waals surface area contributed by atoms with Crippen LogP contribution >= 0.6 is 0 Å². The Hall–Kier alpha value is -5.80. The van der Waals surface area contributed by atoms with Crippen LogP contribution < -0.4 is 4.90 Å². The zero-order valence-corrected chi connectivity index (χ0v) is 29.6. The Morgan fingerprint density at radius 2 is 1.16 bits per heavy atom. The number of para-hydroxylation sites is 2. The Kier molecular flexibility index (Phi) is 6.39. The van der Waals surface area contributed by atoms with Gasteiger partial charge in [-0.05, 0) is 112 Å². The summed E-state index contributed by atoms with van der Waals surface area (Å²) in [5.41, 5.74) is 11.9. The second kappa shape index (κ2) is 10.8. The van der Waals surface area contributed by atoms with Gasteiger partial charge in [-0.15, -0.1) is 0 Å². The summed E-state index contributed by atoms with van der Waals surface area (Å²) in [5.74, 6) is 0. The number of hydrogen-bond acceptors (Lipinski definition) is 2. The molecule has 9 aromatic rings. The van der Waals surface area contributed by atoms with E-state index >= 15 is 0 Å². The normalized spacial score (nSPS) is 15.2. The highest BCUT2D eigenvalue weighted by molar-refractivity contribution is 6.22. The van der Waals surface area contributed by atoms with E-state index in [1.807, 2.05) is 12.1 Å². The summed E-state index contributed by atoms with van der Waals surface area (Å²) in [6.07, 6.45) is 2.39. The number of furan rings is 1. The second-order valence-corrected chi connectivity index (χ2v) is 15.7. The first kappa shape index (κ1) is 30.1. The molecule has 0 atom stereocenters. The number of hydrogen-bond donors (Lipinski definition) is 0. The monoisotopic (exact) mass is 660 g/mol. The molecule has 0 amide bonds. The van der Waals surface area contributed by atoms with Gasteiger partial charge in [0.25, 0.3) is 0 Å². The van der Waals surface area contributed by atoms with E-state index < -0.39 is 0 Å². The fourth-order valence-corrected chi connectivity index (χ4v) is 8.79. The minimum atomic E-state index is 0.122. The molecule has 0 radical (unpaired) electrons. The Bertz CT molecular complexity index is 2820. The summed E-state index contributed by atoms with van der Waals surface area (Å²) < 4.78 is 8.87. The molecular formula is C48H40N2O. The maximum atomic E-state index is 6.38. The SMILES string of the molecule is CC1(C)CCC(C)(C)c2cc(-n3c4ccc(N(c5ccccc5)c5ccc6c(c5)oc5ccccc56)cc4c4c5ccccc5ccc43)ccc21. The lowest BCUT2D eigenvalue weighted by Crippen LogP contribution is -2.33. The van der Waals surface area contributed by atoms with E-state index in [1.165, 1.54) is 62.2 Å². The third kappa shape index (κ3) is 4.57. The molecule has 2 heterocycles. The molecule has 1 aliphatic rings. The summed E-state index contributed by atoms with van der Waals surface area (Å²) >= 11 is 0. The van der Waals surface area contributed by atoms with Crippen molar-refractivity contribution in [2.45, 2.75) is 51.4 Å². The predicted octanol–water partition coefficient (Wildman–Crippen LogP) is 13.7. The number of rotatable bonds is 4. The molecule has 0 saturated heterocycles. The largest absolute Gasteiger partial charge is 0.456 e. The van der Waals surface area contributed by atoms with Gasteiger partial charge in [0.2, 0.25) is 0 Å². The van der Waals surface area contributed by atoms with E-state index in [-0.39, 0.29) is 10.8 Å². The Labute approximate surface area is 298 Å². The van der Waals surface area contributed by atoms with E-state index in [0.29, 0.717) is 0 Å². The van der Waals surface area contributed by atoms with Gasteiger partial charge in [-0.1, -0.05) is 100 Å². The summed E-state index contributed by atoms with van der Waals surface area (Å²) in [5, 5.41) is 7.30. The van der Waals surface area contributed by atoms with Gasteiger partial charge in [-0.3, -0.25) is 0 Å². The van der Waals surface area contributed by atoms with E-state index in [1.54, 1.807) is 0 Å². The molecule has 0 spiro atoms. The summed E-state index contributed by atoms with van der Waals surface area (Å²) in [6, 6.07) is 53.2. The molecule has 0 N–H and O–H groups in total. The molecule has 10 rings (SSSR count).